The average molecular weight is 545 g/mol. The van der Waals surface area contributed by atoms with Gasteiger partial charge in [0.15, 0.2) is 17.4 Å². The van der Waals surface area contributed by atoms with E-state index in [-0.39, 0.29) is 30.7 Å². The molecule has 0 aromatic heterocycles. The normalized spacial score (nSPS) is 24.7. The van der Waals surface area contributed by atoms with Crippen molar-refractivity contribution in [1.82, 2.24) is 10.2 Å². The van der Waals surface area contributed by atoms with E-state index >= 15 is 0 Å². The SMILES string of the molecule is O=C(O)C1=C(c2ccc(CCCOc3c(F)ccc(F)c3F)cc2)C[C@@H]2CN(C(=O)[C@H]3CCC[C@H]3O)C[C@H]1N2. The van der Waals surface area contributed by atoms with E-state index in [1.807, 2.05) is 24.3 Å². The van der Waals surface area contributed by atoms with Crippen LogP contribution in [0.4, 0.5) is 13.2 Å². The summed E-state index contributed by atoms with van der Waals surface area (Å²) >= 11 is 0. The molecule has 0 spiro atoms. The minimum atomic E-state index is -1.35. The molecule has 2 heterocycles. The number of amides is 1. The summed E-state index contributed by atoms with van der Waals surface area (Å²) in [6.07, 6.45) is 2.88. The van der Waals surface area contributed by atoms with Gasteiger partial charge in [-0.1, -0.05) is 24.3 Å². The van der Waals surface area contributed by atoms with E-state index in [0.29, 0.717) is 44.7 Å². The molecule has 0 unspecified atom stereocenters. The van der Waals surface area contributed by atoms with Crippen LogP contribution in [0.15, 0.2) is 42.0 Å². The predicted octanol–water partition coefficient (Wildman–Crippen LogP) is 3.69. The van der Waals surface area contributed by atoms with Crippen molar-refractivity contribution in [2.24, 2.45) is 5.92 Å². The number of aliphatic hydroxyl groups excluding tert-OH is 1. The van der Waals surface area contributed by atoms with Crippen molar-refractivity contribution in [3.8, 4) is 5.75 Å². The lowest BCUT2D eigenvalue weighted by Crippen LogP contribution is -2.62. The van der Waals surface area contributed by atoms with Crippen LogP contribution in [0.1, 0.15) is 43.2 Å². The molecule has 1 saturated heterocycles. The van der Waals surface area contributed by atoms with Gasteiger partial charge in [0.1, 0.15) is 0 Å². The molecule has 3 aliphatic rings. The summed E-state index contributed by atoms with van der Waals surface area (Å²) in [5.74, 6) is -5.76. The Labute approximate surface area is 224 Å². The summed E-state index contributed by atoms with van der Waals surface area (Å²) in [4.78, 5) is 27.1. The quantitative estimate of drug-likeness (QED) is 0.347. The smallest absolute Gasteiger partial charge is 0.333 e. The number of aryl methyl sites for hydroxylation is 1. The van der Waals surface area contributed by atoms with Gasteiger partial charge in [-0.05, 0) is 67.4 Å². The number of rotatable bonds is 8. The van der Waals surface area contributed by atoms with E-state index < -0.39 is 47.2 Å². The number of carboxylic acids is 1. The number of benzene rings is 2. The Morgan fingerprint density at radius 2 is 1.77 bits per heavy atom. The molecule has 5 rings (SSSR count). The summed E-state index contributed by atoms with van der Waals surface area (Å²) in [5, 5.41) is 23.6. The number of halogens is 3. The van der Waals surface area contributed by atoms with E-state index in [1.54, 1.807) is 4.90 Å². The first kappa shape index (κ1) is 27.2. The Bertz CT molecular complexity index is 1280. The lowest BCUT2D eigenvalue weighted by atomic mass is 9.83. The van der Waals surface area contributed by atoms with Crippen LogP contribution in [0.3, 0.4) is 0 Å². The maximum atomic E-state index is 13.7. The number of carboxylic acid groups (broad SMARTS) is 1. The Hall–Kier alpha value is -3.37. The Morgan fingerprint density at radius 1 is 1.03 bits per heavy atom. The van der Waals surface area contributed by atoms with Gasteiger partial charge in [0.25, 0.3) is 0 Å². The molecule has 2 fully saturated rings. The molecule has 10 heteroatoms. The maximum absolute atomic E-state index is 13.7. The van der Waals surface area contributed by atoms with Crippen LogP contribution in [0, 0.1) is 23.4 Å². The van der Waals surface area contributed by atoms with Crippen LogP contribution in [-0.2, 0) is 16.0 Å². The number of aliphatic hydroxyl groups is 1. The third kappa shape index (κ3) is 5.67. The average Bonchev–Trinajstić information content (AvgIpc) is 3.35. The minimum absolute atomic E-state index is 0.00447. The number of piperazine rings is 1. The van der Waals surface area contributed by atoms with Crippen molar-refractivity contribution in [1.29, 1.82) is 0 Å². The fourth-order valence-corrected chi connectivity index (χ4v) is 5.97. The largest absolute Gasteiger partial charge is 0.488 e. The summed E-state index contributed by atoms with van der Waals surface area (Å²) in [7, 11) is 0. The molecule has 1 amide bonds. The van der Waals surface area contributed by atoms with Crippen LogP contribution in [0.2, 0.25) is 0 Å². The Balaban J connectivity index is 1.24. The molecule has 7 nitrogen and oxygen atoms in total. The molecular weight excluding hydrogens is 513 g/mol. The van der Waals surface area contributed by atoms with Crippen LogP contribution < -0.4 is 10.1 Å². The minimum Gasteiger partial charge on any atom is -0.488 e. The van der Waals surface area contributed by atoms with Crippen LogP contribution in [0.5, 0.6) is 5.75 Å². The first-order chi connectivity index (χ1) is 18.7. The topological polar surface area (TPSA) is 99.1 Å². The lowest BCUT2D eigenvalue weighted by Gasteiger charge is -2.44. The van der Waals surface area contributed by atoms with Crippen molar-refractivity contribution in [3.05, 3.63) is 70.5 Å². The van der Waals surface area contributed by atoms with E-state index in [9.17, 15) is 33.0 Å². The van der Waals surface area contributed by atoms with Gasteiger partial charge in [0.05, 0.1) is 30.2 Å². The lowest BCUT2D eigenvalue weighted by molar-refractivity contribution is -0.141. The highest BCUT2D eigenvalue weighted by Gasteiger charge is 2.42. The van der Waals surface area contributed by atoms with E-state index in [1.165, 1.54) is 0 Å². The first-order valence-corrected chi connectivity index (χ1v) is 13.3. The molecule has 3 N–H and O–H groups in total. The number of hydrogen-bond acceptors (Lipinski definition) is 5. The number of hydrogen-bond donors (Lipinski definition) is 3. The molecule has 208 valence electrons. The zero-order valence-electron chi connectivity index (χ0n) is 21.3. The predicted molar refractivity (Wildman–Crippen MR) is 136 cm³/mol. The van der Waals surface area contributed by atoms with Gasteiger partial charge in [-0.3, -0.25) is 4.79 Å². The molecule has 39 heavy (non-hydrogen) atoms. The summed E-state index contributed by atoms with van der Waals surface area (Å²) < 4.78 is 45.9. The summed E-state index contributed by atoms with van der Waals surface area (Å²) in [5.41, 5.74) is 2.70. The highest BCUT2D eigenvalue weighted by atomic mass is 19.2. The Morgan fingerprint density at radius 3 is 2.46 bits per heavy atom. The van der Waals surface area contributed by atoms with Crippen molar-refractivity contribution >= 4 is 17.4 Å². The molecule has 0 radical (unpaired) electrons. The molecule has 4 atom stereocenters. The van der Waals surface area contributed by atoms with Crippen molar-refractivity contribution in [3.63, 3.8) is 0 Å². The number of fused-ring (bicyclic) bond motifs is 2. The fourth-order valence-electron chi connectivity index (χ4n) is 5.97. The molecule has 2 aromatic rings. The standard InChI is InChI=1S/C29H31F3N2O5/c30-21-10-11-22(31)27(26(21)32)39-12-2-3-16-6-8-17(9-7-16)20-13-18-14-34(15-23(33-18)25(20)29(37)38)28(36)19-4-1-5-24(19)35/h6-11,18-19,23-24,33,35H,1-5,12-15H2,(H,37,38)/t18-,19+,23-,24-/m1/s1. The summed E-state index contributed by atoms with van der Waals surface area (Å²) in [6, 6.07) is 8.39. The van der Waals surface area contributed by atoms with Crippen molar-refractivity contribution in [2.75, 3.05) is 19.7 Å². The highest BCUT2D eigenvalue weighted by Crippen LogP contribution is 2.35. The van der Waals surface area contributed by atoms with E-state index in [2.05, 4.69) is 5.32 Å². The second-order valence-corrected chi connectivity index (χ2v) is 10.5. The van der Waals surface area contributed by atoms with Crippen molar-refractivity contribution < 1.29 is 37.7 Å². The molecule has 2 bridgehead atoms. The van der Waals surface area contributed by atoms with Crippen LogP contribution in [-0.4, -0.2) is 64.9 Å². The highest BCUT2D eigenvalue weighted by molar-refractivity contribution is 5.99. The first-order valence-electron chi connectivity index (χ1n) is 13.3. The second-order valence-electron chi connectivity index (χ2n) is 10.5. The van der Waals surface area contributed by atoms with Gasteiger partial charge in [0, 0.05) is 19.1 Å². The molecular formula is C29H31F3N2O5. The fraction of sp³-hybridized carbons (Fsp3) is 0.448. The van der Waals surface area contributed by atoms with Crippen LogP contribution in [0.25, 0.3) is 5.57 Å². The maximum Gasteiger partial charge on any atom is 0.333 e. The van der Waals surface area contributed by atoms with E-state index in [4.69, 9.17) is 4.74 Å². The van der Waals surface area contributed by atoms with Gasteiger partial charge in [0.2, 0.25) is 11.7 Å². The monoisotopic (exact) mass is 544 g/mol. The number of aliphatic carboxylic acids is 1. The third-order valence-electron chi connectivity index (χ3n) is 7.90. The number of carbonyl (C=O) groups excluding carboxylic acids is 1. The molecule has 2 aromatic carbocycles. The van der Waals surface area contributed by atoms with Gasteiger partial charge in [-0.2, -0.15) is 4.39 Å². The third-order valence-corrected chi connectivity index (χ3v) is 7.90. The van der Waals surface area contributed by atoms with Gasteiger partial charge in [-0.25, -0.2) is 13.6 Å². The Kier molecular flexibility index (Phi) is 7.95. The summed E-state index contributed by atoms with van der Waals surface area (Å²) in [6.45, 7) is 0.698. The van der Waals surface area contributed by atoms with Gasteiger partial charge >= 0.3 is 5.97 Å². The number of nitrogens with zero attached hydrogens (tertiary/aromatic N) is 1. The zero-order chi connectivity index (χ0) is 27.7. The number of ether oxygens (including phenoxy) is 1. The molecule has 1 saturated carbocycles. The zero-order valence-corrected chi connectivity index (χ0v) is 21.3. The van der Waals surface area contributed by atoms with Gasteiger partial charge in [-0.15, -0.1) is 0 Å². The van der Waals surface area contributed by atoms with Crippen molar-refractivity contribution in [2.45, 2.75) is 56.7 Å². The molecule has 2 aliphatic heterocycles. The number of nitrogens with one attached hydrogen (secondary N) is 1. The van der Waals surface area contributed by atoms with Gasteiger partial charge < -0.3 is 25.2 Å². The van der Waals surface area contributed by atoms with E-state index in [0.717, 1.165) is 29.2 Å². The number of carbonyl (C=O) groups is 2. The van der Waals surface area contributed by atoms with Crippen LogP contribution >= 0.6 is 0 Å². The second kappa shape index (κ2) is 11.4. The molecule has 1 aliphatic carbocycles.